The van der Waals surface area contributed by atoms with Crippen LogP contribution < -0.4 is 5.32 Å². The van der Waals surface area contributed by atoms with Crippen molar-refractivity contribution in [2.75, 3.05) is 6.54 Å². The quantitative estimate of drug-likeness (QED) is 0.596. The molecule has 4 nitrogen and oxygen atoms in total. The smallest absolute Gasteiger partial charge is 0.313 e. The van der Waals surface area contributed by atoms with Gasteiger partial charge in [0.2, 0.25) is 0 Å². The van der Waals surface area contributed by atoms with E-state index in [0.29, 0.717) is 19.4 Å². The predicted octanol–water partition coefficient (Wildman–Crippen LogP) is 1.41. The second-order valence-electron chi connectivity index (χ2n) is 5.67. The predicted molar refractivity (Wildman–Crippen MR) is 63.2 cm³/mol. The molecule has 1 heterocycles. The maximum atomic E-state index is 12.3. The normalized spacial score (nSPS) is 37.7. The highest BCUT2D eigenvalue weighted by Crippen LogP contribution is 2.65. The zero-order valence-corrected chi connectivity index (χ0v) is 10.6. The molecule has 1 aliphatic heterocycles. The van der Waals surface area contributed by atoms with Gasteiger partial charge in [0.05, 0.1) is 5.41 Å². The summed E-state index contributed by atoms with van der Waals surface area (Å²) in [5.41, 5.74) is -2.01. The molecule has 1 N–H and O–H groups in total. The van der Waals surface area contributed by atoms with Crippen molar-refractivity contribution < 1.29 is 14.3 Å². The molecule has 2 fully saturated rings. The summed E-state index contributed by atoms with van der Waals surface area (Å²) >= 11 is 0. The van der Waals surface area contributed by atoms with Gasteiger partial charge >= 0.3 is 5.97 Å². The number of esters is 1. The van der Waals surface area contributed by atoms with Gasteiger partial charge in [0.25, 0.3) is 5.91 Å². The van der Waals surface area contributed by atoms with Crippen LogP contribution in [0, 0.1) is 10.8 Å². The Bertz CT molecular complexity index is 401. The van der Waals surface area contributed by atoms with E-state index in [4.69, 9.17) is 4.74 Å². The Hall–Kier alpha value is -1.32. The van der Waals surface area contributed by atoms with Crippen LogP contribution in [0.15, 0.2) is 12.7 Å². The fourth-order valence-corrected chi connectivity index (χ4v) is 3.05. The van der Waals surface area contributed by atoms with Gasteiger partial charge in [-0.2, -0.15) is 0 Å². The lowest BCUT2D eigenvalue weighted by atomic mass is 9.66. The molecule has 2 bridgehead atoms. The average molecular weight is 237 g/mol. The molecule has 0 aromatic heterocycles. The molecule has 2 atom stereocenters. The number of rotatable bonds is 3. The van der Waals surface area contributed by atoms with Crippen molar-refractivity contribution in [1.82, 2.24) is 5.32 Å². The first-order valence-electron chi connectivity index (χ1n) is 5.94. The van der Waals surface area contributed by atoms with Crippen molar-refractivity contribution in [3.8, 4) is 0 Å². The van der Waals surface area contributed by atoms with E-state index >= 15 is 0 Å². The highest BCUT2D eigenvalue weighted by molar-refractivity contribution is 5.96. The maximum Gasteiger partial charge on any atom is 0.313 e. The number of ether oxygens (including phenoxy) is 1. The van der Waals surface area contributed by atoms with Crippen molar-refractivity contribution >= 4 is 11.9 Å². The molecule has 0 aromatic rings. The monoisotopic (exact) mass is 237 g/mol. The van der Waals surface area contributed by atoms with Crippen molar-refractivity contribution in [3.05, 3.63) is 12.7 Å². The third-order valence-electron chi connectivity index (χ3n) is 4.86. The Balaban J connectivity index is 2.36. The SMILES string of the molecule is C=CCNC(=O)[C@@]12CC[C@@](C)(C(=O)O1)C2(C)C. The zero-order chi connectivity index (χ0) is 12.9. The number of fused-ring (bicyclic) bond motifs is 2. The molecule has 1 amide bonds. The second kappa shape index (κ2) is 3.34. The summed E-state index contributed by atoms with van der Waals surface area (Å²) in [5, 5.41) is 2.75. The number of carbonyl (C=O) groups excluding carboxylic acids is 2. The molecule has 0 spiro atoms. The molecule has 1 aliphatic carbocycles. The number of hydrogen-bond acceptors (Lipinski definition) is 3. The number of nitrogens with one attached hydrogen (secondary N) is 1. The van der Waals surface area contributed by atoms with E-state index in [1.54, 1.807) is 6.08 Å². The van der Waals surface area contributed by atoms with E-state index in [-0.39, 0.29) is 11.9 Å². The number of hydrogen-bond donors (Lipinski definition) is 1. The first-order chi connectivity index (χ1) is 7.82. The lowest BCUT2D eigenvalue weighted by molar-refractivity contribution is -0.168. The van der Waals surface area contributed by atoms with Gasteiger partial charge in [-0.3, -0.25) is 9.59 Å². The fourth-order valence-electron chi connectivity index (χ4n) is 3.05. The molecule has 2 rings (SSSR count). The summed E-state index contributed by atoms with van der Waals surface area (Å²) in [6.07, 6.45) is 2.93. The van der Waals surface area contributed by atoms with Gasteiger partial charge in [-0.1, -0.05) is 19.9 Å². The summed E-state index contributed by atoms with van der Waals surface area (Å²) in [6, 6.07) is 0. The van der Waals surface area contributed by atoms with Crippen LogP contribution in [-0.2, 0) is 14.3 Å². The van der Waals surface area contributed by atoms with E-state index in [1.807, 2.05) is 20.8 Å². The van der Waals surface area contributed by atoms with Crippen LogP contribution in [0.4, 0.5) is 0 Å². The molecule has 2 aliphatic rings. The lowest BCUT2D eigenvalue weighted by Crippen LogP contribution is -2.53. The third-order valence-corrected chi connectivity index (χ3v) is 4.86. The van der Waals surface area contributed by atoms with Gasteiger partial charge in [0, 0.05) is 12.0 Å². The minimum Gasteiger partial charge on any atom is -0.448 e. The van der Waals surface area contributed by atoms with Crippen LogP contribution in [0.2, 0.25) is 0 Å². The summed E-state index contributed by atoms with van der Waals surface area (Å²) in [5.74, 6) is -0.445. The Kier molecular flexibility index (Phi) is 2.39. The summed E-state index contributed by atoms with van der Waals surface area (Å²) in [6.45, 7) is 9.73. The zero-order valence-electron chi connectivity index (χ0n) is 10.6. The summed E-state index contributed by atoms with van der Waals surface area (Å²) < 4.78 is 5.44. The van der Waals surface area contributed by atoms with Gasteiger partial charge in [-0.15, -0.1) is 6.58 Å². The van der Waals surface area contributed by atoms with Crippen LogP contribution in [0.5, 0.6) is 0 Å². The third kappa shape index (κ3) is 1.18. The standard InChI is InChI=1S/C13H19NO3/c1-5-8-14-9(15)13-7-6-12(4,10(16)17-13)11(13,2)3/h5H,1,6-8H2,2-4H3,(H,14,15)/t12-,13+/m0/s1. The Labute approximate surface area is 101 Å². The molecule has 1 saturated heterocycles. The molecule has 0 radical (unpaired) electrons. The van der Waals surface area contributed by atoms with Gasteiger partial charge in [-0.05, 0) is 19.8 Å². The van der Waals surface area contributed by atoms with Crippen LogP contribution in [0.1, 0.15) is 33.6 Å². The summed E-state index contributed by atoms with van der Waals surface area (Å²) in [4.78, 5) is 24.2. The maximum absolute atomic E-state index is 12.3. The first kappa shape index (κ1) is 12.1. The van der Waals surface area contributed by atoms with Crippen LogP contribution >= 0.6 is 0 Å². The molecular formula is C13H19NO3. The minimum atomic E-state index is -0.998. The van der Waals surface area contributed by atoms with E-state index < -0.39 is 16.4 Å². The average Bonchev–Trinajstić information content (AvgIpc) is 2.56. The van der Waals surface area contributed by atoms with Crippen molar-refractivity contribution in [3.63, 3.8) is 0 Å². The first-order valence-corrected chi connectivity index (χ1v) is 5.94. The van der Waals surface area contributed by atoms with E-state index in [2.05, 4.69) is 11.9 Å². The number of amides is 1. The summed E-state index contributed by atoms with van der Waals surface area (Å²) in [7, 11) is 0. The van der Waals surface area contributed by atoms with Crippen molar-refractivity contribution in [2.24, 2.45) is 10.8 Å². The van der Waals surface area contributed by atoms with E-state index in [9.17, 15) is 9.59 Å². The van der Waals surface area contributed by atoms with Gasteiger partial charge in [0.15, 0.2) is 5.60 Å². The highest BCUT2D eigenvalue weighted by Gasteiger charge is 2.75. The molecule has 17 heavy (non-hydrogen) atoms. The molecular weight excluding hydrogens is 218 g/mol. The minimum absolute atomic E-state index is 0.197. The van der Waals surface area contributed by atoms with Crippen LogP contribution in [-0.4, -0.2) is 24.0 Å². The molecule has 0 unspecified atom stereocenters. The molecule has 0 aromatic carbocycles. The van der Waals surface area contributed by atoms with Gasteiger partial charge < -0.3 is 10.1 Å². The highest BCUT2D eigenvalue weighted by atomic mass is 16.6. The van der Waals surface area contributed by atoms with E-state index in [1.165, 1.54) is 0 Å². The number of carbonyl (C=O) groups is 2. The second-order valence-corrected chi connectivity index (χ2v) is 5.67. The molecule has 94 valence electrons. The Morgan fingerprint density at radius 1 is 1.47 bits per heavy atom. The van der Waals surface area contributed by atoms with Gasteiger partial charge in [-0.25, -0.2) is 0 Å². The van der Waals surface area contributed by atoms with E-state index in [0.717, 1.165) is 0 Å². The van der Waals surface area contributed by atoms with Gasteiger partial charge in [0.1, 0.15) is 0 Å². The fraction of sp³-hybridized carbons (Fsp3) is 0.692. The molecule has 4 heteroatoms. The van der Waals surface area contributed by atoms with Crippen LogP contribution in [0.25, 0.3) is 0 Å². The topological polar surface area (TPSA) is 55.4 Å². The largest absolute Gasteiger partial charge is 0.448 e. The lowest BCUT2D eigenvalue weighted by Gasteiger charge is -2.35. The van der Waals surface area contributed by atoms with Crippen LogP contribution in [0.3, 0.4) is 0 Å². The van der Waals surface area contributed by atoms with Crippen molar-refractivity contribution in [2.45, 2.75) is 39.2 Å². The molecule has 1 saturated carbocycles. The Morgan fingerprint density at radius 3 is 2.53 bits per heavy atom. The van der Waals surface area contributed by atoms with Crippen molar-refractivity contribution in [1.29, 1.82) is 0 Å². The Morgan fingerprint density at radius 2 is 2.12 bits per heavy atom.